The van der Waals surface area contributed by atoms with Crippen LogP contribution in [0.5, 0.6) is 5.75 Å². The van der Waals surface area contributed by atoms with Crippen LogP contribution in [0, 0.1) is 0 Å². The summed E-state index contributed by atoms with van der Waals surface area (Å²) in [5, 5.41) is 15.0. The number of carbonyl (C=O) groups is 2. The average Bonchev–Trinajstić information content (AvgIpc) is 3.19. The van der Waals surface area contributed by atoms with Gasteiger partial charge >= 0.3 is 0 Å². The number of hydrogen-bond donors (Lipinski definition) is 2. The van der Waals surface area contributed by atoms with Crippen LogP contribution in [0.4, 0.5) is 0 Å². The first-order chi connectivity index (χ1) is 26.0. The molecule has 0 spiro atoms. The van der Waals surface area contributed by atoms with Crippen LogP contribution in [0.25, 0.3) is 10.9 Å². The summed E-state index contributed by atoms with van der Waals surface area (Å²) in [5.74, 6) is 0.957. The molecule has 3 heterocycles. The van der Waals surface area contributed by atoms with Crippen molar-refractivity contribution < 1.29 is 19.4 Å². The molecule has 0 saturated carbocycles. The van der Waals surface area contributed by atoms with E-state index in [0.717, 1.165) is 81.4 Å². The van der Waals surface area contributed by atoms with Gasteiger partial charge in [-0.2, -0.15) is 0 Å². The molecule has 0 radical (unpaired) electrons. The van der Waals surface area contributed by atoms with Crippen LogP contribution in [0.15, 0.2) is 97.2 Å². The number of ether oxygens (including phenoxy) is 1. The summed E-state index contributed by atoms with van der Waals surface area (Å²) in [5.41, 5.74) is 3.55. The first-order valence-electron chi connectivity index (χ1n) is 19.4. The van der Waals surface area contributed by atoms with E-state index in [1.807, 2.05) is 47.4 Å². The Bertz CT molecular complexity index is 1640. The number of aryl methyl sites for hydroxylation is 2. The molecule has 4 aromatic rings. The maximum absolute atomic E-state index is 13.2. The number of amides is 2. The van der Waals surface area contributed by atoms with Gasteiger partial charge in [0.2, 0.25) is 11.8 Å². The molecule has 2 fully saturated rings. The van der Waals surface area contributed by atoms with Crippen LogP contribution in [-0.2, 0) is 22.4 Å². The predicted octanol–water partition coefficient (Wildman–Crippen LogP) is 4.27. The number of β-amino-alcohol motifs (C(OH)–C–C–N with tert-alkyl or cyclic N) is 1. The summed E-state index contributed by atoms with van der Waals surface area (Å²) in [6.07, 6.45) is 7.19. The topological polar surface area (TPSA) is 101 Å². The molecular weight excluding hydrogens is 665 g/mol. The molecule has 53 heavy (non-hydrogen) atoms. The largest absolute Gasteiger partial charge is 0.490 e. The number of piperazine rings is 2. The summed E-state index contributed by atoms with van der Waals surface area (Å²) in [7, 11) is 0. The Morgan fingerprint density at radius 2 is 1.30 bits per heavy atom. The lowest BCUT2D eigenvalue weighted by molar-refractivity contribution is -0.135. The zero-order valence-corrected chi connectivity index (χ0v) is 31.0. The molecule has 0 aliphatic carbocycles. The number of aliphatic hydroxyl groups excluding tert-OH is 1. The van der Waals surface area contributed by atoms with Crippen molar-refractivity contribution in [2.24, 2.45) is 0 Å². The van der Waals surface area contributed by atoms with Crippen LogP contribution >= 0.6 is 0 Å². The Kier molecular flexibility index (Phi) is 14.6. The number of aliphatic hydroxyl groups is 1. The molecule has 2 saturated heterocycles. The normalized spacial score (nSPS) is 16.5. The van der Waals surface area contributed by atoms with Gasteiger partial charge in [-0.15, -0.1) is 0 Å². The molecule has 10 nitrogen and oxygen atoms in total. The van der Waals surface area contributed by atoms with Crippen LogP contribution in [0.1, 0.15) is 36.8 Å². The number of nitrogens with zero attached hydrogens (tertiary/aromatic N) is 5. The third kappa shape index (κ3) is 12.4. The first-order valence-corrected chi connectivity index (χ1v) is 19.4. The number of nitrogens with one attached hydrogen (secondary N) is 1. The highest BCUT2D eigenvalue weighted by atomic mass is 16.5. The van der Waals surface area contributed by atoms with Gasteiger partial charge in [0.15, 0.2) is 0 Å². The molecule has 2 aliphatic rings. The van der Waals surface area contributed by atoms with Crippen LogP contribution < -0.4 is 10.1 Å². The molecule has 2 amide bonds. The van der Waals surface area contributed by atoms with Crippen LogP contribution in [-0.4, -0.2) is 132 Å². The lowest BCUT2D eigenvalue weighted by Gasteiger charge is -2.38. The van der Waals surface area contributed by atoms with E-state index in [-0.39, 0.29) is 24.5 Å². The Balaban J connectivity index is 0.865. The van der Waals surface area contributed by atoms with E-state index in [2.05, 4.69) is 73.5 Å². The SMILES string of the molecule is O=C(CN1CCN(C(=O)CN2CCN(C[C@@H](O)COc3cccc4ncccc34)CC2)CC1)NC(CCCc1ccccc1)CCCc1ccccc1. The molecule has 1 aromatic heterocycles. The number of aromatic nitrogens is 1. The molecule has 0 bridgehead atoms. The van der Waals surface area contributed by atoms with E-state index in [0.29, 0.717) is 45.8 Å². The van der Waals surface area contributed by atoms with E-state index in [9.17, 15) is 14.7 Å². The number of pyridine rings is 1. The van der Waals surface area contributed by atoms with Gasteiger partial charge in [-0.25, -0.2) is 0 Å². The van der Waals surface area contributed by atoms with Crippen molar-refractivity contribution >= 4 is 22.7 Å². The molecule has 10 heteroatoms. The van der Waals surface area contributed by atoms with E-state index in [1.165, 1.54) is 11.1 Å². The summed E-state index contributed by atoms with van der Waals surface area (Å²) in [6.45, 7) is 7.37. The minimum absolute atomic E-state index is 0.0783. The summed E-state index contributed by atoms with van der Waals surface area (Å²) >= 11 is 0. The molecule has 0 unspecified atom stereocenters. The van der Waals surface area contributed by atoms with Gasteiger partial charge < -0.3 is 20.1 Å². The van der Waals surface area contributed by atoms with Gasteiger partial charge in [0.25, 0.3) is 0 Å². The minimum Gasteiger partial charge on any atom is -0.490 e. The second kappa shape index (κ2) is 20.2. The molecule has 6 rings (SSSR count). The standard InChI is InChI=1S/C43H56N6O4/c50-38(34-53-41-21-9-20-40-39(41)19-10-22-44-40)31-46-23-25-48(26-24-46)33-43(52)49-29-27-47(28-30-49)32-42(51)45-37(17-7-15-35-11-3-1-4-12-35)18-8-16-36-13-5-2-6-14-36/h1-6,9-14,19-22,37-38,50H,7-8,15-18,23-34H2,(H,45,51)/t38-/m1/s1. The second-order valence-corrected chi connectivity index (χ2v) is 14.5. The third-order valence-electron chi connectivity index (χ3n) is 10.5. The number of fused-ring (bicyclic) bond motifs is 1. The summed E-state index contributed by atoms with van der Waals surface area (Å²) < 4.78 is 5.96. The summed E-state index contributed by atoms with van der Waals surface area (Å²) in [4.78, 5) is 39.4. The van der Waals surface area contributed by atoms with Gasteiger partial charge in [-0.05, 0) is 73.9 Å². The molecule has 2 aliphatic heterocycles. The van der Waals surface area contributed by atoms with Gasteiger partial charge in [-0.1, -0.05) is 66.7 Å². The highest BCUT2D eigenvalue weighted by molar-refractivity contribution is 5.84. The first kappa shape index (κ1) is 38.4. The van der Waals surface area contributed by atoms with Gasteiger partial charge in [0.05, 0.1) is 18.6 Å². The predicted molar refractivity (Wildman–Crippen MR) is 210 cm³/mol. The fourth-order valence-electron chi connectivity index (χ4n) is 7.47. The van der Waals surface area contributed by atoms with Crippen LogP contribution in [0.3, 0.4) is 0 Å². The molecule has 3 aromatic carbocycles. The minimum atomic E-state index is -0.612. The lowest BCUT2D eigenvalue weighted by Crippen LogP contribution is -2.55. The third-order valence-corrected chi connectivity index (χ3v) is 10.5. The van der Waals surface area contributed by atoms with Crippen LogP contribution in [0.2, 0.25) is 0 Å². The fraction of sp³-hybridized carbons (Fsp3) is 0.465. The highest BCUT2D eigenvalue weighted by Gasteiger charge is 2.26. The maximum Gasteiger partial charge on any atom is 0.236 e. The van der Waals surface area contributed by atoms with Crippen molar-refractivity contribution in [3.8, 4) is 5.75 Å². The van der Waals surface area contributed by atoms with Crippen molar-refractivity contribution in [2.45, 2.75) is 50.7 Å². The Labute approximate surface area is 314 Å². The van der Waals surface area contributed by atoms with Crippen molar-refractivity contribution in [3.05, 3.63) is 108 Å². The fourth-order valence-corrected chi connectivity index (χ4v) is 7.47. The van der Waals surface area contributed by atoms with E-state index >= 15 is 0 Å². The molecular formula is C43H56N6O4. The van der Waals surface area contributed by atoms with Crippen molar-refractivity contribution in [1.29, 1.82) is 0 Å². The van der Waals surface area contributed by atoms with Gasteiger partial charge in [0.1, 0.15) is 18.5 Å². The lowest BCUT2D eigenvalue weighted by atomic mass is 9.99. The zero-order chi connectivity index (χ0) is 36.7. The van der Waals surface area contributed by atoms with Crippen molar-refractivity contribution in [2.75, 3.05) is 78.6 Å². The number of hydrogen-bond acceptors (Lipinski definition) is 8. The molecule has 1 atom stereocenters. The average molecular weight is 721 g/mol. The zero-order valence-electron chi connectivity index (χ0n) is 31.0. The van der Waals surface area contributed by atoms with Crippen molar-refractivity contribution in [3.63, 3.8) is 0 Å². The number of rotatable bonds is 18. The number of carbonyl (C=O) groups excluding carboxylic acids is 2. The maximum atomic E-state index is 13.2. The Hall–Kier alpha value is -4.35. The van der Waals surface area contributed by atoms with Gasteiger partial charge in [0, 0.05) is 76.5 Å². The van der Waals surface area contributed by atoms with E-state index in [4.69, 9.17) is 4.74 Å². The van der Waals surface area contributed by atoms with Gasteiger partial charge in [-0.3, -0.25) is 29.3 Å². The smallest absolute Gasteiger partial charge is 0.236 e. The summed E-state index contributed by atoms with van der Waals surface area (Å²) in [6, 6.07) is 30.9. The Morgan fingerprint density at radius 3 is 1.96 bits per heavy atom. The monoisotopic (exact) mass is 720 g/mol. The molecule has 282 valence electrons. The highest BCUT2D eigenvalue weighted by Crippen LogP contribution is 2.24. The van der Waals surface area contributed by atoms with Crippen molar-refractivity contribution in [1.82, 2.24) is 29.9 Å². The van der Waals surface area contributed by atoms with E-state index in [1.54, 1.807) is 6.20 Å². The molecule has 2 N–H and O–H groups in total. The second-order valence-electron chi connectivity index (χ2n) is 14.5. The quantitative estimate of drug-likeness (QED) is 0.157. The Morgan fingerprint density at radius 1 is 0.698 bits per heavy atom. The number of benzene rings is 3. The van der Waals surface area contributed by atoms with E-state index < -0.39 is 6.10 Å².